The van der Waals surface area contributed by atoms with E-state index < -0.39 is 0 Å². The number of guanidine groups is 1. The molecule has 1 atom stereocenters. The van der Waals surface area contributed by atoms with Crippen molar-refractivity contribution in [1.82, 2.24) is 15.5 Å². The quantitative estimate of drug-likeness (QED) is 0.411. The maximum atomic E-state index is 4.24. The molecule has 4 nitrogen and oxygen atoms in total. The summed E-state index contributed by atoms with van der Waals surface area (Å²) in [6.07, 6.45) is 3.88. The highest BCUT2D eigenvalue weighted by molar-refractivity contribution is 14.0. The number of aliphatic imine (C=N–C) groups is 1. The Kier molecular flexibility index (Phi) is 9.81. The minimum atomic E-state index is 0. The molecular weight excluding hydrogens is 339 g/mol. The summed E-state index contributed by atoms with van der Waals surface area (Å²) < 4.78 is 0. The van der Waals surface area contributed by atoms with Crippen molar-refractivity contribution in [2.75, 3.05) is 26.7 Å². The minimum Gasteiger partial charge on any atom is -0.355 e. The van der Waals surface area contributed by atoms with Gasteiger partial charge in [0.2, 0.25) is 0 Å². The fraction of sp³-hybridized carbons (Fsp3) is 0.923. The van der Waals surface area contributed by atoms with E-state index in [2.05, 4.69) is 41.3 Å². The number of halogens is 1. The Labute approximate surface area is 129 Å². The van der Waals surface area contributed by atoms with E-state index in [9.17, 15) is 0 Å². The number of rotatable bonds is 7. The third-order valence-corrected chi connectivity index (χ3v) is 3.38. The molecule has 0 aromatic carbocycles. The highest BCUT2D eigenvalue weighted by atomic mass is 127. The Morgan fingerprint density at radius 2 is 2.06 bits per heavy atom. The van der Waals surface area contributed by atoms with Crippen molar-refractivity contribution >= 4 is 29.9 Å². The summed E-state index contributed by atoms with van der Waals surface area (Å²) in [5, 5.41) is 6.75. The minimum absolute atomic E-state index is 0. The lowest BCUT2D eigenvalue weighted by Gasteiger charge is -2.21. The van der Waals surface area contributed by atoms with Gasteiger partial charge in [-0.3, -0.25) is 9.89 Å². The molecule has 5 heteroatoms. The maximum Gasteiger partial charge on any atom is 0.191 e. The summed E-state index contributed by atoms with van der Waals surface area (Å²) in [6, 6.07) is 1.33. The average molecular weight is 368 g/mol. The molecule has 1 rings (SSSR count). The molecule has 1 unspecified atom stereocenters. The van der Waals surface area contributed by atoms with E-state index in [0.717, 1.165) is 38.1 Å². The van der Waals surface area contributed by atoms with Gasteiger partial charge < -0.3 is 10.6 Å². The van der Waals surface area contributed by atoms with Crippen LogP contribution in [0.4, 0.5) is 0 Å². The Bertz CT molecular complexity index is 241. The van der Waals surface area contributed by atoms with Crippen molar-refractivity contribution in [3.63, 3.8) is 0 Å². The highest BCUT2D eigenvalue weighted by Gasteiger charge is 2.27. The first-order valence-electron chi connectivity index (χ1n) is 6.92. The van der Waals surface area contributed by atoms with Gasteiger partial charge in [-0.25, -0.2) is 0 Å². The second kappa shape index (κ2) is 9.83. The molecular formula is C13H29IN4. The summed E-state index contributed by atoms with van der Waals surface area (Å²) in [5.41, 5.74) is 0. The third kappa shape index (κ3) is 6.78. The molecule has 0 heterocycles. The second-order valence-corrected chi connectivity index (χ2v) is 4.81. The molecule has 1 aliphatic carbocycles. The van der Waals surface area contributed by atoms with Crippen LogP contribution in [0.15, 0.2) is 4.99 Å². The molecule has 18 heavy (non-hydrogen) atoms. The lowest BCUT2D eigenvalue weighted by molar-refractivity contribution is 0.282. The molecule has 2 N–H and O–H groups in total. The van der Waals surface area contributed by atoms with Crippen LogP contribution in [0.3, 0.4) is 0 Å². The first-order chi connectivity index (χ1) is 8.21. The predicted octanol–water partition coefficient (Wildman–Crippen LogP) is 2.05. The summed E-state index contributed by atoms with van der Waals surface area (Å²) in [7, 11) is 1.83. The molecule has 0 bridgehead atoms. The van der Waals surface area contributed by atoms with Crippen molar-refractivity contribution in [1.29, 1.82) is 0 Å². The van der Waals surface area contributed by atoms with Crippen LogP contribution in [0.25, 0.3) is 0 Å². The molecule has 1 fully saturated rings. The van der Waals surface area contributed by atoms with Crippen LogP contribution in [-0.4, -0.2) is 49.6 Å². The normalized spacial score (nSPS) is 17.3. The third-order valence-electron chi connectivity index (χ3n) is 3.38. The predicted molar refractivity (Wildman–Crippen MR) is 89.9 cm³/mol. The zero-order chi connectivity index (χ0) is 12.7. The fourth-order valence-electron chi connectivity index (χ4n) is 1.89. The van der Waals surface area contributed by atoms with Crippen molar-refractivity contribution in [3.8, 4) is 0 Å². The Balaban J connectivity index is 0.00000289. The van der Waals surface area contributed by atoms with Gasteiger partial charge in [0.25, 0.3) is 0 Å². The van der Waals surface area contributed by atoms with Gasteiger partial charge in [-0.15, -0.1) is 24.0 Å². The fourth-order valence-corrected chi connectivity index (χ4v) is 1.89. The Morgan fingerprint density at radius 1 is 1.39 bits per heavy atom. The van der Waals surface area contributed by atoms with E-state index in [4.69, 9.17) is 0 Å². The molecule has 0 aliphatic heterocycles. The molecule has 1 saturated carbocycles. The first-order valence-corrected chi connectivity index (χ1v) is 6.92. The SMILES string of the molecule is CCC(C)NC(=NC)NCCN(CC)C1CC1.I. The molecule has 108 valence electrons. The summed E-state index contributed by atoms with van der Waals surface area (Å²) >= 11 is 0. The number of hydrogen-bond donors (Lipinski definition) is 2. The van der Waals surface area contributed by atoms with E-state index in [0.29, 0.717) is 6.04 Å². The van der Waals surface area contributed by atoms with Gasteiger partial charge in [-0.1, -0.05) is 13.8 Å². The van der Waals surface area contributed by atoms with E-state index in [1.165, 1.54) is 12.8 Å². The number of nitrogens with one attached hydrogen (secondary N) is 2. The van der Waals surface area contributed by atoms with Gasteiger partial charge >= 0.3 is 0 Å². The lowest BCUT2D eigenvalue weighted by atomic mass is 10.3. The van der Waals surface area contributed by atoms with E-state index >= 15 is 0 Å². The topological polar surface area (TPSA) is 39.7 Å². The van der Waals surface area contributed by atoms with E-state index in [1.807, 2.05) is 7.05 Å². The first kappa shape index (κ1) is 18.0. The molecule has 0 spiro atoms. The smallest absolute Gasteiger partial charge is 0.191 e. The summed E-state index contributed by atoms with van der Waals surface area (Å²) in [4.78, 5) is 6.78. The lowest BCUT2D eigenvalue weighted by Crippen LogP contribution is -2.45. The van der Waals surface area contributed by atoms with Crippen molar-refractivity contribution in [3.05, 3.63) is 0 Å². The van der Waals surface area contributed by atoms with Crippen LogP contribution in [-0.2, 0) is 0 Å². The highest BCUT2D eigenvalue weighted by Crippen LogP contribution is 2.25. The molecule has 0 aromatic rings. The van der Waals surface area contributed by atoms with Gasteiger partial charge in [0.1, 0.15) is 0 Å². The Morgan fingerprint density at radius 3 is 2.50 bits per heavy atom. The van der Waals surface area contributed by atoms with Gasteiger partial charge in [-0.05, 0) is 32.7 Å². The summed E-state index contributed by atoms with van der Waals surface area (Å²) in [6.45, 7) is 9.84. The number of likely N-dealkylation sites (N-methyl/N-ethyl adjacent to an activating group) is 1. The van der Waals surface area contributed by atoms with Gasteiger partial charge in [0.05, 0.1) is 0 Å². The van der Waals surface area contributed by atoms with Gasteiger partial charge in [-0.2, -0.15) is 0 Å². The van der Waals surface area contributed by atoms with Gasteiger partial charge in [0.15, 0.2) is 5.96 Å². The van der Waals surface area contributed by atoms with E-state index in [-0.39, 0.29) is 24.0 Å². The van der Waals surface area contributed by atoms with Crippen molar-refractivity contribution in [2.45, 2.75) is 52.1 Å². The molecule has 0 amide bonds. The van der Waals surface area contributed by atoms with E-state index in [1.54, 1.807) is 0 Å². The zero-order valence-corrected chi connectivity index (χ0v) is 14.5. The van der Waals surface area contributed by atoms with Crippen molar-refractivity contribution in [2.24, 2.45) is 4.99 Å². The molecule has 0 radical (unpaired) electrons. The zero-order valence-electron chi connectivity index (χ0n) is 12.2. The van der Waals surface area contributed by atoms with Crippen LogP contribution in [0.2, 0.25) is 0 Å². The monoisotopic (exact) mass is 368 g/mol. The second-order valence-electron chi connectivity index (χ2n) is 4.81. The van der Waals surface area contributed by atoms with Crippen LogP contribution in [0.5, 0.6) is 0 Å². The number of hydrogen-bond acceptors (Lipinski definition) is 2. The van der Waals surface area contributed by atoms with Crippen LogP contribution < -0.4 is 10.6 Å². The standard InChI is InChI=1S/C13H28N4.HI/c1-5-11(3)16-13(14-4)15-9-10-17(6-2)12-7-8-12;/h11-12H,5-10H2,1-4H3,(H2,14,15,16);1H. The maximum absolute atomic E-state index is 4.24. The van der Waals surface area contributed by atoms with Gasteiger partial charge in [0, 0.05) is 32.2 Å². The Hall–Kier alpha value is -0.0400. The van der Waals surface area contributed by atoms with Crippen molar-refractivity contribution < 1.29 is 0 Å². The van der Waals surface area contributed by atoms with Crippen LogP contribution in [0, 0.1) is 0 Å². The number of nitrogens with zero attached hydrogens (tertiary/aromatic N) is 2. The molecule has 0 aromatic heterocycles. The average Bonchev–Trinajstić information content (AvgIpc) is 3.17. The summed E-state index contributed by atoms with van der Waals surface area (Å²) in [5.74, 6) is 0.922. The van der Waals surface area contributed by atoms with Crippen LogP contribution >= 0.6 is 24.0 Å². The molecule has 1 aliphatic rings. The molecule has 0 saturated heterocycles. The largest absolute Gasteiger partial charge is 0.355 e. The van der Waals surface area contributed by atoms with Crippen LogP contribution in [0.1, 0.15) is 40.0 Å².